The Morgan fingerprint density at radius 2 is 1.90 bits per heavy atom. The molecule has 1 aromatic carbocycles. The van der Waals surface area contributed by atoms with Crippen molar-refractivity contribution in [1.82, 2.24) is 14.8 Å². The van der Waals surface area contributed by atoms with Gasteiger partial charge in [0.25, 0.3) is 5.91 Å². The first-order valence-electron chi connectivity index (χ1n) is 10.8. The van der Waals surface area contributed by atoms with Gasteiger partial charge in [-0.1, -0.05) is 25.5 Å². The molecule has 1 aliphatic heterocycles. The lowest BCUT2D eigenvalue weighted by Gasteiger charge is -2.25. The maximum Gasteiger partial charge on any atom is 0.254 e. The molecule has 1 aliphatic rings. The third-order valence-electron chi connectivity index (χ3n) is 5.61. The van der Waals surface area contributed by atoms with Crippen LogP contribution in [0.25, 0.3) is 0 Å². The normalized spacial score (nSPS) is 14.4. The summed E-state index contributed by atoms with van der Waals surface area (Å²) in [5, 5.41) is 2.99. The highest BCUT2D eigenvalue weighted by Crippen LogP contribution is 2.19. The Hall–Kier alpha value is -2.73. The number of hydrogen-bond acceptors (Lipinski definition) is 4. The summed E-state index contributed by atoms with van der Waals surface area (Å²) < 4.78 is 0. The summed E-state index contributed by atoms with van der Waals surface area (Å²) in [4.78, 5) is 33.7. The quantitative estimate of drug-likeness (QED) is 0.760. The van der Waals surface area contributed by atoms with Crippen LogP contribution in [0.1, 0.15) is 53.4 Å². The van der Waals surface area contributed by atoms with E-state index >= 15 is 0 Å². The second-order valence-electron chi connectivity index (χ2n) is 8.09. The number of piperidine rings is 1. The van der Waals surface area contributed by atoms with E-state index in [9.17, 15) is 9.59 Å². The summed E-state index contributed by atoms with van der Waals surface area (Å²) in [6.45, 7) is 6.82. The van der Waals surface area contributed by atoms with Gasteiger partial charge in [-0.15, -0.1) is 0 Å². The van der Waals surface area contributed by atoms with Gasteiger partial charge in [-0.2, -0.15) is 0 Å². The SMILES string of the molecule is CCc1ccc(CN(C)C(=O)c2ccc(C)c(NC(=O)CN3CCCCC3)c2)nc1. The summed E-state index contributed by atoms with van der Waals surface area (Å²) in [6, 6.07) is 9.47. The molecule has 160 valence electrons. The highest BCUT2D eigenvalue weighted by Gasteiger charge is 2.17. The van der Waals surface area contributed by atoms with Crippen LogP contribution in [-0.4, -0.2) is 53.3 Å². The average molecular weight is 409 g/mol. The zero-order valence-corrected chi connectivity index (χ0v) is 18.3. The second kappa shape index (κ2) is 10.3. The van der Waals surface area contributed by atoms with Crippen molar-refractivity contribution in [2.45, 2.75) is 46.1 Å². The minimum Gasteiger partial charge on any atom is -0.336 e. The number of amides is 2. The van der Waals surface area contributed by atoms with E-state index < -0.39 is 0 Å². The van der Waals surface area contributed by atoms with Crippen molar-refractivity contribution >= 4 is 17.5 Å². The summed E-state index contributed by atoms with van der Waals surface area (Å²) in [5.74, 6) is -0.124. The van der Waals surface area contributed by atoms with Gasteiger partial charge in [0.05, 0.1) is 18.8 Å². The molecule has 0 unspecified atom stereocenters. The number of anilines is 1. The minimum atomic E-state index is -0.0945. The average Bonchev–Trinajstić information content (AvgIpc) is 2.76. The Morgan fingerprint density at radius 1 is 1.13 bits per heavy atom. The van der Waals surface area contributed by atoms with E-state index in [0.717, 1.165) is 43.6 Å². The molecule has 0 saturated carbocycles. The van der Waals surface area contributed by atoms with Crippen LogP contribution >= 0.6 is 0 Å². The maximum atomic E-state index is 12.9. The monoisotopic (exact) mass is 408 g/mol. The second-order valence-corrected chi connectivity index (χ2v) is 8.09. The molecular weight excluding hydrogens is 376 g/mol. The van der Waals surface area contributed by atoms with Gasteiger partial charge >= 0.3 is 0 Å². The van der Waals surface area contributed by atoms with Crippen molar-refractivity contribution in [1.29, 1.82) is 0 Å². The first-order valence-corrected chi connectivity index (χ1v) is 10.8. The zero-order valence-electron chi connectivity index (χ0n) is 18.3. The van der Waals surface area contributed by atoms with Gasteiger partial charge < -0.3 is 10.2 Å². The van der Waals surface area contributed by atoms with E-state index in [0.29, 0.717) is 24.3 Å². The zero-order chi connectivity index (χ0) is 21.5. The number of aryl methyl sites for hydroxylation is 2. The largest absolute Gasteiger partial charge is 0.336 e. The molecule has 0 aliphatic carbocycles. The van der Waals surface area contributed by atoms with Crippen molar-refractivity contribution in [2.75, 3.05) is 32.0 Å². The molecule has 0 radical (unpaired) electrons. The number of nitrogens with one attached hydrogen (secondary N) is 1. The summed E-state index contributed by atoms with van der Waals surface area (Å²) in [5.41, 5.74) is 4.22. The number of likely N-dealkylation sites (tertiary alicyclic amines) is 1. The Kier molecular flexibility index (Phi) is 7.57. The molecule has 0 spiro atoms. The maximum absolute atomic E-state index is 12.9. The molecule has 1 fully saturated rings. The van der Waals surface area contributed by atoms with Gasteiger partial charge in [0, 0.05) is 24.5 Å². The predicted octanol–water partition coefficient (Wildman–Crippen LogP) is 3.65. The number of rotatable bonds is 7. The van der Waals surface area contributed by atoms with Gasteiger partial charge in [-0.05, 0) is 68.6 Å². The lowest BCUT2D eigenvalue weighted by molar-refractivity contribution is -0.117. The fourth-order valence-corrected chi connectivity index (χ4v) is 3.69. The van der Waals surface area contributed by atoms with Crippen LogP contribution in [0.5, 0.6) is 0 Å². The molecule has 2 heterocycles. The number of hydrogen-bond donors (Lipinski definition) is 1. The molecule has 2 aromatic rings. The van der Waals surface area contributed by atoms with Crippen molar-refractivity contribution in [2.24, 2.45) is 0 Å². The lowest BCUT2D eigenvalue weighted by atomic mass is 10.1. The smallest absolute Gasteiger partial charge is 0.254 e. The Bertz CT molecular complexity index is 873. The number of carbonyl (C=O) groups is 2. The molecule has 6 heteroatoms. The number of carbonyl (C=O) groups excluding carboxylic acids is 2. The van der Waals surface area contributed by atoms with Crippen LogP contribution in [0.4, 0.5) is 5.69 Å². The minimum absolute atomic E-state index is 0.0295. The van der Waals surface area contributed by atoms with Gasteiger partial charge in [0.2, 0.25) is 5.91 Å². The van der Waals surface area contributed by atoms with Gasteiger partial charge in [-0.25, -0.2) is 0 Å². The third-order valence-corrected chi connectivity index (χ3v) is 5.61. The van der Waals surface area contributed by atoms with Crippen molar-refractivity contribution in [3.8, 4) is 0 Å². The van der Waals surface area contributed by atoms with Crippen LogP contribution in [-0.2, 0) is 17.8 Å². The molecule has 1 aromatic heterocycles. The van der Waals surface area contributed by atoms with Crippen molar-refractivity contribution < 1.29 is 9.59 Å². The number of benzene rings is 1. The molecule has 1 N–H and O–H groups in total. The molecule has 0 bridgehead atoms. The van der Waals surface area contributed by atoms with Crippen LogP contribution < -0.4 is 5.32 Å². The van der Waals surface area contributed by atoms with Gasteiger partial charge in [0.15, 0.2) is 0 Å². The molecule has 0 atom stereocenters. The standard InChI is InChI=1S/C24H32N4O2/c1-4-19-9-11-21(25-15-19)16-27(3)24(30)20-10-8-18(2)22(14-20)26-23(29)17-28-12-6-5-7-13-28/h8-11,14-15H,4-7,12-13,16-17H2,1-3H3,(H,26,29). The Labute approximate surface area is 179 Å². The van der Waals surface area contributed by atoms with E-state index in [-0.39, 0.29) is 11.8 Å². The molecule has 3 rings (SSSR count). The number of aromatic nitrogens is 1. The summed E-state index contributed by atoms with van der Waals surface area (Å²) in [6.07, 6.45) is 6.34. The fraction of sp³-hybridized carbons (Fsp3) is 0.458. The molecule has 2 amide bonds. The first kappa shape index (κ1) is 22.0. The van der Waals surface area contributed by atoms with Crippen LogP contribution in [0.2, 0.25) is 0 Å². The van der Waals surface area contributed by atoms with Crippen LogP contribution in [0.3, 0.4) is 0 Å². The summed E-state index contributed by atoms with van der Waals surface area (Å²) >= 11 is 0. The molecular formula is C24H32N4O2. The fourth-order valence-electron chi connectivity index (χ4n) is 3.69. The predicted molar refractivity (Wildman–Crippen MR) is 120 cm³/mol. The van der Waals surface area contributed by atoms with Crippen LogP contribution in [0, 0.1) is 6.92 Å². The highest BCUT2D eigenvalue weighted by molar-refractivity contribution is 5.98. The van der Waals surface area contributed by atoms with E-state index in [1.165, 1.54) is 12.0 Å². The Morgan fingerprint density at radius 3 is 2.57 bits per heavy atom. The summed E-state index contributed by atoms with van der Waals surface area (Å²) in [7, 11) is 1.77. The van der Waals surface area contributed by atoms with E-state index in [4.69, 9.17) is 0 Å². The topological polar surface area (TPSA) is 65.5 Å². The molecule has 30 heavy (non-hydrogen) atoms. The van der Waals surface area contributed by atoms with Gasteiger partial charge in [-0.3, -0.25) is 19.5 Å². The highest BCUT2D eigenvalue weighted by atomic mass is 16.2. The van der Waals surface area contributed by atoms with Crippen molar-refractivity contribution in [3.05, 3.63) is 58.9 Å². The lowest BCUT2D eigenvalue weighted by Crippen LogP contribution is -2.37. The van der Waals surface area contributed by atoms with E-state index in [2.05, 4.69) is 22.1 Å². The third kappa shape index (κ3) is 5.89. The Balaban J connectivity index is 1.63. The van der Waals surface area contributed by atoms with Crippen molar-refractivity contribution in [3.63, 3.8) is 0 Å². The van der Waals surface area contributed by atoms with E-state index in [1.54, 1.807) is 18.0 Å². The van der Waals surface area contributed by atoms with E-state index in [1.807, 2.05) is 37.4 Å². The number of pyridine rings is 1. The first-order chi connectivity index (χ1) is 14.5. The number of nitrogens with zero attached hydrogens (tertiary/aromatic N) is 3. The van der Waals surface area contributed by atoms with Gasteiger partial charge in [0.1, 0.15) is 0 Å². The molecule has 1 saturated heterocycles. The van der Waals surface area contributed by atoms with Crippen LogP contribution in [0.15, 0.2) is 36.5 Å². The molecule has 6 nitrogen and oxygen atoms in total.